The van der Waals surface area contributed by atoms with E-state index in [0.717, 1.165) is 23.2 Å². The van der Waals surface area contributed by atoms with E-state index in [-0.39, 0.29) is 35.3 Å². The Morgan fingerprint density at radius 2 is 1.97 bits per heavy atom. The summed E-state index contributed by atoms with van der Waals surface area (Å²) in [6.45, 7) is 5.87. The molecule has 3 aromatic rings. The highest BCUT2D eigenvalue weighted by Crippen LogP contribution is 2.30. The third-order valence-corrected chi connectivity index (χ3v) is 8.52. The van der Waals surface area contributed by atoms with Crippen LogP contribution in [-0.4, -0.2) is 36.9 Å². The van der Waals surface area contributed by atoms with Crippen LogP contribution in [0.1, 0.15) is 47.9 Å². The summed E-state index contributed by atoms with van der Waals surface area (Å²) >= 11 is 0. The van der Waals surface area contributed by atoms with Gasteiger partial charge in [0.2, 0.25) is 15.9 Å². The molecule has 0 radical (unpaired) electrons. The monoisotopic (exact) mass is 511 g/mol. The van der Waals surface area contributed by atoms with Gasteiger partial charge in [0.1, 0.15) is 11.5 Å². The highest BCUT2D eigenvalue weighted by atomic mass is 32.2. The minimum absolute atomic E-state index is 0.0230. The molecule has 2 aromatic carbocycles. The Morgan fingerprint density at radius 1 is 1.19 bits per heavy atom. The molecule has 0 spiro atoms. The predicted molar refractivity (Wildman–Crippen MR) is 137 cm³/mol. The maximum Gasteiger partial charge on any atom is 0.248 e. The summed E-state index contributed by atoms with van der Waals surface area (Å²) in [5, 5.41) is 6.88. The molecule has 1 fully saturated rings. The fourth-order valence-electron chi connectivity index (χ4n) is 4.51. The fraction of sp³-hybridized carbons (Fsp3) is 0.333. The van der Waals surface area contributed by atoms with Crippen molar-refractivity contribution in [1.82, 2.24) is 9.46 Å². The molecule has 9 heteroatoms. The molecule has 1 aromatic heterocycles. The number of sulfonamides is 1. The molecule has 0 unspecified atom stereocenters. The van der Waals surface area contributed by atoms with E-state index in [1.54, 1.807) is 25.1 Å². The van der Waals surface area contributed by atoms with Crippen LogP contribution < -0.4 is 5.32 Å². The summed E-state index contributed by atoms with van der Waals surface area (Å²) in [5.74, 6) is -1.09. The van der Waals surface area contributed by atoms with Crippen LogP contribution >= 0.6 is 0 Å². The van der Waals surface area contributed by atoms with E-state index in [0.29, 0.717) is 18.4 Å². The van der Waals surface area contributed by atoms with Crippen molar-refractivity contribution in [3.05, 3.63) is 76.4 Å². The van der Waals surface area contributed by atoms with Gasteiger partial charge in [-0.05, 0) is 62.5 Å². The number of hydrogen-bond acceptors (Lipinski definition) is 5. The SMILES string of the molecule is CCc1cccc(C)c1NC(=O)[C@H]1CCCN(S(=O)(=O)c2c(C)noc2/C=C/c2ccccc2F)C1. The summed E-state index contributed by atoms with van der Waals surface area (Å²) in [7, 11) is -4.00. The van der Waals surface area contributed by atoms with Gasteiger partial charge in [0, 0.05) is 24.3 Å². The number of nitrogens with zero attached hydrogens (tertiary/aromatic N) is 2. The van der Waals surface area contributed by atoms with Gasteiger partial charge in [-0.3, -0.25) is 4.79 Å². The van der Waals surface area contributed by atoms with Gasteiger partial charge in [-0.2, -0.15) is 4.31 Å². The van der Waals surface area contributed by atoms with Crippen molar-refractivity contribution in [2.24, 2.45) is 5.92 Å². The topological polar surface area (TPSA) is 92.5 Å². The van der Waals surface area contributed by atoms with Crippen molar-refractivity contribution in [2.75, 3.05) is 18.4 Å². The molecule has 1 aliphatic heterocycles. The van der Waals surface area contributed by atoms with Gasteiger partial charge in [0.25, 0.3) is 0 Å². The lowest BCUT2D eigenvalue weighted by molar-refractivity contribution is -0.120. The Balaban J connectivity index is 1.56. The molecule has 1 N–H and O–H groups in total. The smallest absolute Gasteiger partial charge is 0.248 e. The van der Waals surface area contributed by atoms with Gasteiger partial charge in [-0.25, -0.2) is 12.8 Å². The maximum atomic E-state index is 14.0. The molecule has 0 saturated carbocycles. The van der Waals surface area contributed by atoms with Crippen molar-refractivity contribution in [3.63, 3.8) is 0 Å². The molecule has 0 bridgehead atoms. The van der Waals surface area contributed by atoms with Crippen molar-refractivity contribution >= 4 is 33.8 Å². The normalized spacial score (nSPS) is 16.9. The van der Waals surface area contributed by atoms with E-state index >= 15 is 0 Å². The van der Waals surface area contributed by atoms with Crippen molar-refractivity contribution < 1.29 is 22.1 Å². The van der Waals surface area contributed by atoms with Crippen molar-refractivity contribution in [2.45, 2.75) is 44.9 Å². The first-order chi connectivity index (χ1) is 17.2. The van der Waals surface area contributed by atoms with Crippen LogP contribution in [0.3, 0.4) is 0 Å². The largest absolute Gasteiger partial charge is 0.355 e. The zero-order valence-corrected chi connectivity index (χ0v) is 21.4. The van der Waals surface area contributed by atoms with Crippen LogP contribution in [0.25, 0.3) is 12.2 Å². The summed E-state index contributed by atoms with van der Waals surface area (Å²) in [4.78, 5) is 13.1. The molecule has 1 atom stereocenters. The lowest BCUT2D eigenvalue weighted by Gasteiger charge is -2.31. The lowest BCUT2D eigenvalue weighted by atomic mass is 9.98. The summed E-state index contributed by atoms with van der Waals surface area (Å²) in [5.41, 5.74) is 3.30. The van der Waals surface area contributed by atoms with Crippen LogP contribution in [0.15, 0.2) is 51.9 Å². The Morgan fingerprint density at radius 3 is 2.72 bits per heavy atom. The molecule has 1 aliphatic rings. The first-order valence-electron chi connectivity index (χ1n) is 12.0. The van der Waals surface area contributed by atoms with E-state index in [1.807, 2.05) is 32.0 Å². The third-order valence-electron chi connectivity index (χ3n) is 6.49. The van der Waals surface area contributed by atoms with E-state index in [1.165, 1.54) is 22.5 Å². The molecular formula is C27H30FN3O4S. The molecule has 1 amide bonds. The number of carbonyl (C=O) groups excluding carboxylic acids is 1. The van der Waals surface area contributed by atoms with Gasteiger partial charge >= 0.3 is 0 Å². The maximum absolute atomic E-state index is 14.0. The number of piperidine rings is 1. The number of benzene rings is 2. The van der Waals surface area contributed by atoms with Gasteiger partial charge in [0.05, 0.1) is 5.92 Å². The minimum Gasteiger partial charge on any atom is -0.355 e. The number of anilines is 1. The zero-order chi connectivity index (χ0) is 25.9. The Hall–Kier alpha value is -3.30. The van der Waals surface area contributed by atoms with Crippen LogP contribution in [0.4, 0.5) is 10.1 Å². The number of carbonyl (C=O) groups is 1. The molecule has 4 rings (SSSR count). The Bertz CT molecular complexity index is 1400. The third kappa shape index (κ3) is 5.27. The molecule has 0 aliphatic carbocycles. The number of amides is 1. The molecule has 1 saturated heterocycles. The molecule has 7 nitrogen and oxygen atoms in total. The quantitative estimate of drug-likeness (QED) is 0.471. The number of aromatic nitrogens is 1. The fourth-order valence-corrected chi connectivity index (χ4v) is 6.28. The lowest BCUT2D eigenvalue weighted by Crippen LogP contribution is -2.44. The van der Waals surface area contributed by atoms with Crippen LogP contribution in [0.5, 0.6) is 0 Å². The second-order valence-corrected chi connectivity index (χ2v) is 10.8. The number of rotatable bonds is 7. The summed E-state index contributed by atoms with van der Waals surface area (Å²) in [6, 6.07) is 12.0. The van der Waals surface area contributed by atoms with Crippen LogP contribution in [0, 0.1) is 25.6 Å². The molecular weight excluding hydrogens is 481 g/mol. The number of nitrogens with one attached hydrogen (secondary N) is 1. The van der Waals surface area contributed by atoms with E-state index < -0.39 is 21.8 Å². The molecule has 36 heavy (non-hydrogen) atoms. The molecule has 2 heterocycles. The molecule has 190 valence electrons. The standard InChI is InChI=1S/C27H30FN3O4S/c1-4-20-11-7-9-18(2)25(20)29-27(32)22-12-8-16-31(17-22)36(33,34)26-19(3)30-35-24(26)15-14-21-10-5-6-13-23(21)28/h5-7,9-11,13-15,22H,4,8,12,16-17H2,1-3H3,(H,29,32)/b15-14+/t22-/m0/s1. The van der Waals surface area contributed by atoms with Gasteiger partial charge in [-0.15, -0.1) is 0 Å². The first kappa shape index (κ1) is 25.8. The highest BCUT2D eigenvalue weighted by Gasteiger charge is 2.37. The number of halogens is 1. The number of aryl methyl sites for hydroxylation is 3. The summed E-state index contributed by atoms with van der Waals surface area (Å²) in [6.07, 6.45) is 4.78. The highest BCUT2D eigenvalue weighted by molar-refractivity contribution is 7.89. The zero-order valence-electron chi connectivity index (χ0n) is 20.6. The Kier molecular flexibility index (Phi) is 7.70. The predicted octanol–water partition coefficient (Wildman–Crippen LogP) is 5.20. The van der Waals surface area contributed by atoms with E-state index in [2.05, 4.69) is 10.5 Å². The number of para-hydroxylation sites is 1. The van der Waals surface area contributed by atoms with Gasteiger partial charge in [-0.1, -0.05) is 48.5 Å². The van der Waals surface area contributed by atoms with Crippen LogP contribution in [-0.2, 0) is 21.2 Å². The first-order valence-corrected chi connectivity index (χ1v) is 13.4. The second kappa shape index (κ2) is 10.8. The average Bonchev–Trinajstić information content (AvgIpc) is 3.25. The Labute approximate surface area is 211 Å². The minimum atomic E-state index is -4.00. The second-order valence-electron chi connectivity index (χ2n) is 8.97. The van der Waals surface area contributed by atoms with E-state index in [9.17, 15) is 17.6 Å². The number of hydrogen-bond donors (Lipinski definition) is 1. The summed E-state index contributed by atoms with van der Waals surface area (Å²) < 4.78 is 47.9. The average molecular weight is 512 g/mol. The van der Waals surface area contributed by atoms with E-state index in [4.69, 9.17) is 4.52 Å². The van der Waals surface area contributed by atoms with Crippen molar-refractivity contribution in [1.29, 1.82) is 0 Å². The van der Waals surface area contributed by atoms with Gasteiger partial charge < -0.3 is 9.84 Å². The van der Waals surface area contributed by atoms with Crippen LogP contribution in [0.2, 0.25) is 0 Å². The van der Waals surface area contributed by atoms with Crippen molar-refractivity contribution in [3.8, 4) is 0 Å². The van der Waals surface area contributed by atoms with Gasteiger partial charge in [0.15, 0.2) is 10.7 Å².